The fraction of sp³-hybridized carbons (Fsp3) is 0.412. The highest BCUT2D eigenvalue weighted by molar-refractivity contribution is 14.0. The van der Waals surface area contributed by atoms with Crippen LogP contribution in [0, 0.1) is 0 Å². The molecule has 0 spiro atoms. The number of ether oxygens (including phenoxy) is 1. The van der Waals surface area contributed by atoms with Crippen molar-refractivity contribution in [2.75, 3.05) is 20.3 Å². The van der Waals surface area contributed by atoms with Gasteiger partial charge < -0.3 is 15.4 Å². The number of rotatable bonds is 6. The summed E-state index contributed by atoms with van der Waals surface area (Å²) in [6.07, 6.45) is 1.83. The van der Waals surface area contributed by atoms with Gasteiger partial charge in [0.2, 0.25) is 0 Å². The first-order valence-electron chi connectivity index (χ1n) is 7.61. The summed E-state index contributed by atoms with van der Waals surface area (Å²) in [5.41, 5.74) is 2.17. The van der Waals surface area contributed by atoms with E-state index in [1.165, 1.54) is 5.56 Å². The molecule has 6 heteroatoms. The van der Waals surface area contributed by atoms with Gasteiger partial charge in [-0.15, -0.1) is 24.0 Å². The lowest BCUT2D eigenvalue weighted by molar-refractivity contribution is 0.179. The first-order chi connectivity index (χ1) is 10.7. The van der Waals surface area contributed by atoms with E-state index >= 15 is 0 Å². The fourth-order valence-corrected chi connectivity index (χ4v) is 2.30. The minimum absolute atomic E-state index is 0. The monoisotopic (exact) mass is 428 g/mol. The van der Waals surface area contributed by atoms with Crippen molar-refractivity contribution in [3.8, 4) is 0 Å². The molecule has 0 aliphatic rings. The predicted molar refractivity (Wildman–Crippen MR) is 106 cm³/mol. The molecule has 1 unspecified atom stereocenters. The van der Waals surface area contributed by atoms with Gasteiger partial charge in [0.1, 0.15) is 0 Å². The number of hydrogen-bond acceptors (Lipinski definition) is 3. The van der Waals surface area contributed by atoms with Gasteiger partial charge in [0, 0.05) is 31.3 Å². The second-order valence-electron chi connectivity index (χ2n) is 5.18. The lowest BCUT2D eigenvalue weighted by Gasteiger charge is -2.17. The molecule has 0 fully saturated rings. The van der Waals surface area contributed by atoms with E-state index in [0.29, 0.717) is 13.2 Å². The Morgan fingerprint density at radius 3 is 2.83 bits per heavy atom. The van der Waals surface area contributed by atoms with Crippen molar-refractivity contribution in [2.24, 2.45) is 4.99 Å². The van der Waals surface area contributed by atoms with Crippen LogP contribution in [0.5, 0.6) is 0 Å². The summed E-state index contributed by atoms with van der Waals surface area (Å²) in [4.78, 5) is 9.05. The van der Waals surface area contributed by atoms with Gasteiger partial charge in [0.25, 0.3) is 0 Å². The molecule has 1 atom stereocenters. The summed E-state index contributed by atoms with van der Waals surface area (Å²) >= 11 is 0. The second kappa shape index (κ2) is 10.4. The Labute approximate surface area is 155 Å². The van der Waals surface area contributed by atoms with Crippen molar-refractivity contribution in [1.82, 2.24) is 15.6 Å². The van der Waals surface area contributed by atoms with E-state index in [-0.39, 0.29) is 30.0 Å². The molecule has 2 rings (SSSR count). The molecule has 0 saturated carbocycles. The lowest BCUT2D eigenvalue weighted by atomic mass is 10.1. The number of hydrogen-bond donors (Lipinski definition) is 2. The van der Waals surface area contributed by atoms with Crippen LogP contribution in [0.2, 0.25) is 0 Å². The molecular weight excluding hydrogens is 403 g/mol. The summed E-state index contributed by atoms with van der Waals surface area (Å²) < 4.78 is 5.15. The minimum Gasteiger partial charge on any atom is -0.383 e. The van der Waals surface area contributed by atoms with Crippen molar-refractivity contribution >= 4 is 40.8 Å². The molecule has 2 aromatic rings. The molecule has 1 aromatic heterocycles. The van der Waals surface area contributed by atoms with Crippen LogP contribution in [0.25, 0.3) is 10.9 Å². The van der Waals surface area contributed by atoms with Gasteiger partial charge in [-0.2, -0.15) is 0 Å². The summed E-state index contributed by atoms with van der Waals surface area (Å²) in [7, 11) is 1.70. The van der Waals surface area contributed by atoms with Crippen LogP contribution < -0.4 is 10.6 Å². The maximum absolute atomic E-state index is 5.15. The second-order valence-corrected chi connectivity index (χ2v) is 5.18. The van der Waals surface area contributed by atoms with E-state index in [1.54, 1.807) is 7.11 Å². The zero-order chi connectivity index (χ0) is 15.8. The zero-order valence-corrected chi connectivity index (χ0v) is 16.2. The fourth-order valence-electron chi connectivity index (χ4n) is 2.30. The number of guanidine groups is 1. The number of nitrogens with zero attached hydrogens (tertiary/aromatic N) is 2. The number of aromatic nitrogens is 1. The van der Waals surface area contributed by atoms with E-state index in [0.717, 1.165) is 23.4 Å². The number of benzene rings is 1. The molecule has 1 heterocycles. The van der Waals surface area contributed by atoms with Crippen LogP contribution >= 0.6 is 24.0 Å². The molecule has 0 bridgehead atoms. The van der Waals surface area contributed by atoms with E-state index < -0.39 is 0 Å². The van der Waals surface area contributed by atoms with Gasteiger partial charge in [-0.1, -0.05) is 18.2 Å². The third-order valence-electron chi connectivity index (χ3n) is 3.29. The SMILES string of the molecule is CCNC(=NCc1ccnc2ccccc12)NC(C)COC.I. The van der Waals surface area contributed by atoms with Crippen molar-refractivity contribution in [3.63, 3.8) is 0 Å². The van der Waals surface area contributed by atoms with Gasteiger partial charge in [-0.05, 0) is 31.5 Å². The van der Waals surface area contributed by atoms with Gasteiger partial charge in [0.05, 0.1) is 18.7 Å². The van der Waals surface area contributed by atoms with Crippen molar-refractivity contribution in [1.29, 1.82) is 0 Å². The van der Waals surface area contributed by atoms with Gasteiger partial charge in [0.15, 0.2) is 5.96 Å². The van der Waals surface area contributed by atoms with Crippen molar-refractivity contribution in [2.45, 2.75) is 26.4 Å². The molecular formula is C17H25IN4O. The third kappa shape index (κ3) is 5.95. The topological polar surface area (TPSA) is 58.5 Å². The van der Waals surface area contributed by atoms with Crippen LogP contribution in [0.15, 0.2) is 41.5 Å². The standard InChI is InChI=1S/C17H24N4O.HI/c1-4-18-17(21-13(2)12-22-3)20-11-14-9-10-19-16-8-6-5-7-15(14)16;/h5-10,13H,4,11-12H2,1-3H3,(H2,18,20,21);1H. The predicted octanol–water partition coefficient (Wildman–Crippen LogP) is 2.94. The van der Waals surface area contributed by atoms with E-state index in [2.05, 4.69) is 40.5 Å². The summed E-state index contributed by atoms with van der Waals surface area (Å²) in [5.74, 6) is 0.799. The smallest absolute Gasteiger partial charge is 0.191 e. The summed E-state index contributed by atoms with van der Waals surface area (Å²) in [6.45, 7) is 6.20. The summed E-state index contributed by atoms with van der Waals surface area (Å²) in [5, 5.41) is 7.74. The van der Waals surface area contributed by atoms with Gasteiger partial charge in [-0.25, -0.2) is 4.99 Å². The normalized spacial score (nSPS) is 12.6. The lowest BCUT2D eigenvalue weighted by Crippen LogP contribution is -2.43. The Kier molecular flexibility index (Phi) is 8.86. The van der Waals surface area contributed by atoms with E-state index in [1.807, 2.05) is 30.5 Å². The maximum Gasteiger partial charge on any atom is 0.191 e. The molecule has 0 saturated heterocycles. The first-order valence-corrected chi connectivity index (χ1v) is 7.61. The van der Waals surface area contributed by atoms with Crippen molar-refractivity contribution < 1.29 is 4.74 Å². The molecule has 126 valence electrons. The molecule has 2 N–H and O–H groups in total. The Morgan fingerprint density at radius 1 is 1.30 bits per heavy atom. The molecule has 0 aliphatic carbocycles. The quantitative estimate of drug-likeness (QED) is 0.422. The molecule has 0 aliphatic heterocycles. The van der Waals surface area contributed by atoms with Crippen LogP contribution in [0.4, 0.5) is 0 Å². The third-order valence-corrected chi connectivity index (χ3v) is 3.29. The molecule has 0 radical (unpaired) electrons. The number of methoxy groups -OCH3 is 1. The van der Waals surface area contributed by atoms with Crippen LogP contribution in [0.3, 0.4) is 0 Å². The Balaban J connectivity index is 0.00000264. The molecule has 0 amide bonds. The largest absolute Gasteiger partial charge is 0.383 e. The first kappa shape index (κ1) is 19.6. The highest BCUT2D eigenvalue weighted by Crippen LogP contribution is 2.16. The molecule has 5 nitrogen and oxygen atoms in total. The van der Waals surface area contributed by atoms with Gasteiger partial charge in [-0.3, -0.25) is 4.98 Å². The number of halogens is 1. The minimum atomic E-state index is 0. The highest BCUT2D eigenvalue weighted by atomic mass is 127. The van der Waals surface area contributed by atoms with Crippen LogP contribution in [0.1, 0.15) is 19.4 Å². The Hall–Kier alpha value is -1.41. The van der Waals surface area contributed by atoms with E-state index in [4.69, 9.17) is 4.74 Å². The average Bonchev–Trinajstić information content (AvgIpc) is 2.53. The number of nitrogens with one attached hydrogen (secondary N) is 2. The average molecular weight is 428 g/mol. The van der Waals surface area contributed by atoms with Gasteiger partial charge >= 0.3 is 0 Å². The molecule has 23 heavy (non-hydrogen) atoms. The number of fused-ring (bicyclic) bond motifs is 1. The number of pyridine rings is 1. The number of aliphatic imine (C=N–C) groups is 1. The molecule has 1 aromatic carbocycles. The number of para-hydroxylation sites is 1. The van der Waals surface area contributed by atoms with E-state index in [9.17, 15) is 0 Å². The van der Waals surface area contributed by atoms with Crippen molar-refractivity contribution in [3.05, 3.63) is 42.1 Å². The Bertz CT molecular complexity index is 628. The maximum atomic E-state index is 5.15. The van der Waals surface area contributed by atoms with Crippen LogP contribution in [-0.2, 0) is 11.3 Å². The zero-order valence-electron chi connectivity index (χ0n) is 13.9. The summed E-state index contributed by atoms with van der Waals surface area (Å²) in [6, 6.07) is 10.4. The Morgan fingerprint density at radius 2 is 2.09 bits per heavy atom. The van der Waals surface area contributed by atoms with Crippen LogP contribution in [-0.4, -0.2) is 37.2 Å². The highest BCUT2D eigenvalue weighted by Gasteiger charge is 2.05.